The molecule has 1 aromatic carbocycles. The summed E-state index contributed by atoms with van der Waals surface area (Å²) in [4.78, 5) is 32.4. The fourth-order valence-electron chi connectivity index (χ4n) is 7.02. The van der Waals surface area contributed by atoms with E-state index >= 15 is 0 Å². The van der Waals surface area contributed by atoms with E-state index in [-0.39, 0.29) is 42.0 Å². The van der Waals surface area contributed by atoms with E-state index in [1.807, 2.05) is 6.07 Å². The molecule has 3 N–H and O–H groups in total. The molecule has 3 aliphatic heterocycles. The van der Waals surface area contributed by atoms with E-state index in [0.717, 1.165) is 44.2 Å². The van der Waals surface area contributed by atoms with Gasteiger partial charge in [0.2, 0.25) is 17.6 Å². The first-order chi connectivity index (χ1) is 17.0. The molecule has 5 aliphatic rings. The lowest BCUT2D eigenvalue weighted by atomic mass is 10.0. The molecule has 11 heteroatoms. The Kier molecular flexibility index (Phi) is 4.53. The second-order valence-electron chi connectivity index (χ2n) is 10.6. The molecule has 11 nitrogen and oxygen atoms in total. The summed E-state index contributed by atoms with van der Waals surface area (Å²) in [6.45, 7) is 1.10. The van der Waals surface area contributed by atoms with Gasteiger partial charge in [0.15, 0.2) is 0 Å². The van der Waals surface area contributed by atoms with Crippen LogP contribution in [0, 0.1) is 17.2 Å². The van der Waals surface area contributed by atoms with Crippen LogP contribution in [0.1, 0.15) is 42.9 Å². The summed E-state index contributed by atoms with van der Waals surface area (Å²) in [5.41, 5.74) is 9.70. The number of aromatic amines is 1. The number of carbonyl (C=O) groups excluding carboxylic acids is 2. The van der Waals surface area contributed by atoms with E-state index in [9.17, 15) is 14.9 Å². The van der Waals surface area contributed by atoms with E-state index in [1.54, 1.807) is 4.90 Å². The molecule has 2 aliphatic carbocycles. The second-order valence-corrected chi connectivity index (χ2v) is 10.6. The van der Waals surface area contributed by atoms with Crippen LogP contribution in [-0.2, 0) is 16.0 Å². The van der Waals surface area contributed by atoms with Crippen LogP contribution in [0.15, 0.2) is 18.2 Å². The molecule has 1 aromatic heterocycles. The van der Waals surface area contributed by atoms with E-state index in [2.05, 4.69) is 48.6 Å². The van der Waals surface area contributed by atoms with Crippen LogP contribution in [-0.4, -0.2) is 90.4 Å². The lowest BCUT2D eigenvalue weighted by Crippen LogP contribution is -2.57. The minimum atomic E-state index is -0.707. The third kappa shape index (κ3) is 3.13. The number of tetrazole rings is 1. The van der Waals surface area contributed by atoms with Gasteiger partial charge < -0.3 is 15.5 Å². The van der Waals surface area contributed by atoms with E-state index in [0.29, 0.717) is 18.3 Å². The van der Waals surface area contributed by atoms with Crippen LogP contribution in [0.5, 0.6) is 0 Å². The van der Waals surface area contributed by atoms with Gasteiger partial charge in [-0.2, -0.15) is 10.5 Å². The first kappa shape index (κ1) is 21.0. The fraction of sp³-hybridized carbons (Fsp3) is 0.583. The maximum absolute atomic E-state index is 13.5. The molecular weight excluding hydrogens is 446 g/mol. The molecule has 0 radical (unpaired) electrons. The number of hydrogen-bond acceptors (Lipinski definition) is 8. The SMILES string of the molecule is N#C[C@@H]1C[C@@H]2CC2N1C(=O)[C@@H](N)CN1C[C@H]2C[C@@H]1C(=O)N2[C@@H]1CCc2cc(-c3nn[nH]n3)ccc21. The number of piperidine rings is 1. The zero-order valence-corrected chi connectivity index (χ0v) is 19.2. The van der Waals surface area contributed by atoms with Crippen LogP contribution >= 0.6 is 0 Å². The number of amides is 2. The topological polar surface area (TPSA) is 148 Å². The van der Waals surface area contributed by atoms with Crippen LogP contribution in [0.4, 0.5) is 0 Å². The van der Waals surface area contributed by atoms with Crippen molar-refractivity contribution in [2.45, 2.75) is 68.4 Å². The number of nitrogens with one attached hydrogen (secondary N) is 1. The van der Waals surface area contributed by atoms with Gasteiger partial charge in [-0.05, 0) is 60.4 Å². The van der Waals surface area contributed by atoms with Crippen LogP contribution in [0.25, 0.3) is 11.4 Å². The van der Waals surface area contributed by atoms with E-state index in [4.69, 9.17) is 5.73 Å². The fourth-order valence-corrected chi connectivity index (χ4v) is 7.02. The summed E-state index contributed by atoms with van der Waals surface area (Å²) in [5.74, 6) is 1.03. The Balaban J connectivity index is 1.03. The highest BCUT2D eigenvalue weighted by molar-refractivity contribution is 5.87. The minimum absolute atomic E-state index is 0.0806. The lowest BCUT2D eigenvalue weighted by Gasteiger charge is -2.38. The summed E-state index contributed by atoms with van der Waals surface area (Å²) in [5, 5.41) is 23.7. The van der Waals surface area contributed by atoms with Crippen molar-refractivity contribution in [3.05, 3.63) is 29.3 Å². The Morgan fingerprint density at radius 1 is 1.29 bits per heavy atom. The number of rotatable bonds is 5. The van der Waals surface area contributed by atoms with Crippen molar-refractivity contribution in [1.29, 1.82) is 5.26 Å². The molecule has 0 spiro atoms. The number of carbonyl (C=O) groups is 2. The smallest absolute Gasteiger partial charge is 0.242 e. The van der Waals surface area contributed by atoms with Gasteiger partial charge in [0.25, 0.3) is 0 Å². The number of likely N-dealkylation sites (tertiary alicyclic amines) is 3. The standard InChI is InChI=1S/C24H27N9O2/c25-9-15-6-14-7-20(14)32(15)23(34)18(26)11-31-10-16-8-21(31)24(35)33(16)19-4-2-12-5-13(1-3-17(12)19)22-27-29-30-28-22/h1,3,5,14-16,18-21H,2,4,6-8,10-11,26H2,(H,27,28,29,30)/t14-,15+,16-,18+,19-,20?,21-/m1/s1. The van der Waals surface area contributed by atoms with Gasteiger partial charge in [-0.25, -0.2) is 0 Å². The highest BCUT2D eigenvalue weighted by atomic mass is 16.2. The summed E-state index contributed by atoms with van der Waals surface area (Å²) in [7, 11) is 0. The molecular formula is C24H27N9O2. The molecule has 1 saturated carbocycles. The van der Waals surface area contributed by atoms with Gasteiger partial charge in [0, 0.05) is 30.7 Å². The molecule has 2 amide bonds. The third-order valence-electron chi connectivity index (χ3n) is 8.70. The molecule has 1 unspecified atom stereocenters. The van der Waals surface area contributed by atoms with E-state index < -0.39 is 6.04 Å². The summed E-state index contributed by atoms with van der Waals surface area (Å²) >= 11 is 0. The zero-order valence-electron chi connectivity index (χ0n) is 19.2. The maximum atomic E-state index is 13.5. The first-order valence-corrected chi connectivity index (χ1v) is 12.4. The highest BCUT2D eigenvalue weighted by Gasteiger charge is 2.56. The van der Waals surface area contributed by atoms with Gasteiger partial charge >= 0.3 is 0 Å². The summed E-state index contributed by atoms with van der Waals surface area (Å²) in [6.07, 6.45) is 4.35. The molecule has 4 heterocycles. The highest BCUT2D eigenvalue weighted by Crippen LogP contribution is 2.48. The van der Waals surface area contributed by atoms with Crippen molar-refractivity contribution >= 4 is 11.8 Å². The maximum Gasteiger partial charge on any atom is 0.242 e. The lowest BCUT2D eigenvalue weighted by molar-refractivity contribution is -0.141. The Labute approximate surface area is 202 Å². The molecule has 2 bridgehead atoms. The van der Waals surface area contributed by atoms with Crippen molar-refractivity contribution in [2.24, 2.45) is 11.7 Å². The average molecular weight is 474 g/mol. The monoisotopic (exact) mass is 473 g/mol. The van der Waals surface area contributed by atoms with Gasteiger partial charge in [0.05, 0.1) is 24.2 Å². The number of aromatic nitrogens is 4. The number of H-pyrrole nitrogens is 1. The summed E-state index contributed by atoms with van der Waals surface area (Å²) in [6, 6.07) is 7.57. The Morgan fingerprint density at radius 2 is 2.17 bits per heavy atom. The number of nitrogens with two attached hydrogens (primary N) is 1. The number of fused-ring (bicyclic) bond motifs is 4. The average Bonchev–Trinajstić information content (AvgIpc) is 3.43. The zero-order chi connectivity index (χ0) is 23.8. The molecule has 7 rings (SSSR count). The van der Waals surface area contributed by atoms with Crippen molar-refractivity contribution < 1.29 is 9.59 Å². The van der Waals surface area contributed by atoms with Crippen molar-refractivity contribution in [3.63, 3.8) is 0 Å². The Hall–Kier alpha value is -3.36. The first-order valence-electron chi connectivity index (χ1n) is 12.4. The molecule has 4 fully saturated rings. The summed E-state index contributed by atoms with van der Waals surface area (Å²) < 4.78 is 0. The number of piperazine rings is 1. The van der Waals surface area contributed by atoms with Gasteiger partial charge in [-0.1, -0.05) is 12.1 Å². The number of nitrogens with zero attached hydrogens (tertiary/aromatic N) is 7. The van der Waals surface area contributed by atoms with Crippen molar-refractivity contribution in [2.75, 3.05) is 13.1 Å². The Bertz CT molecular complexity index is 1240. The molecule has 7 atom stereocenters. The number of benzene rings is 1. The van der Waals surface area contributed by atoms with E-state index in [1.165, 1.54) is 11.1 Å². The van der Waals surface area contributed by atoms with Crippen molar-refractivity contribution in [3.8, 4) is 17.5 Å². The molecule has 2 aromatic rings. The van der Waals surface area contributed by atoms with Crippen LogP contribution in [0.3, 0.4) is 0 Å². The Morgan fingerprint density at radius 3 is 2.94 bits per heavy atom. The van der Waals surface area contributed by atoms with Gasteiger partial charge in [-0.3, -0.25) is 14.5 Å². The quantitative estimate of drug-likeness (QED) is 0.616. The third-order valence-corrected chi connectivity index (χ3v) is 8.70. The number of hydrogen-bond donors (Lipinski definition) is 2. The predicted molar refractivity (Wildman–Crippen MR) is 122 cm³/mol. The van der Waals surface area contributed by atoms with Crippen LogP contribution in [0.2, 0.25) is 0 Å². The molecule has 180 valence electrons. The van der Waals surface area contributed by atoms with Gasteiger partial charge in [0.1, 0.15) is 6.04 Å². The van der Waals surface area contributed by atoms with Crippen LogP contribution < -0.4 is 5.73 Å². The number of nitriles is 1. The largest absolute Gasteiger partial charge is 0.330 e. The minimum Gasteiger partial charge on any atom is -0.330 e. The molecule has 3 saturated heterocycles. The van der Waals surface area contributed by atoms with Gasteiger partial charge in [-0.15, -0.1) is 10.2 Å². The normalized spacial score (nSPS) is 33.7. The predicted octanol–water partition coefficient (Wildman–Crippen LogP) is -0.0206. The number of aryl methyl sites for hydroxylation is 1. The molecule has 35 heavy (non-hydrogen) atoms. The van der Waals surface area contributed by atoms with Crippen molar-refractivity contribution in [1.82, 2.24) is 35.3 Å². The second kappa shape index (κ2) is 7.57.